The summed E-state index contributed by atoms with van der Waals surface area (Å²) in [6.45, 7) is 4.25. The largest absolute Gasteiger partial charge is 0.491 e. The second-order valence-electron chi connectivity index (χ2n) is 3.39. The maximum Gasteiger partial charge on any atom is 0.491 e. The average molecular weight is 252 g/mol. The predicted octanol–water partition coefficient (Wildman–Crippen LogP) is 0.482. The minimum Gasteiger partial charge on any atom is -0.482 e. The van der Waals surface area contributed by atoms with Gasteiger partial charge in [-0.2, -0.15) is 0 Å². The molecule has 1 aliphatic rings. The van der Waals surface area contributed by atoms with E-state index < -0.39 is 13.1 Å². The molecule has 0 aromatic heterocycles. The molecule has 0 atom stereocenters. The monoisotopic (exact) mass is 252 g/mol. The van der Waals surface area contributed by atoms with E-state index >= 15 is 0 Å². The quantitative estimate of drug-likeness (QED) is 0.626. The molecule has 18 heavy (non-hydrogen) atoms. The van der Waals surface area contributed by atoms with E-state index in [2.05, 4.69) is 4.74 Å². The molecular weight excluding hydrogens is 235 g/mol. The van der Waals surface area contributed by atoms with E-state index in [-0.39, 0.29) is 6.61 Å². The summed E-state index contributed by atoms with van der Waals surface area (Å²) in [4.78, 5) is 10.9. The molecule has 5 nitrogen and oxygen atoms in total. The van der Waals surface area contributed by atoms with Crippen molar-refractivity contribution >= 4 is 18.6 Å². The van der Waals surface area contributed by atoms with E-state index in [1.165, 1.54) is 7.11 Å². The molecule has 98 valence electrons. The van der Waals surface area contributed by atoms with E-state index in [0.717, 1.165) is 5.56 Å². The number of methoxy groups -OCH3 is 1. The van der Waals surface area contributed by atoms with Crippen molar-refractivity contribution < 1.29 is 23.9 Å². The molecule has 1 heterocycles. The van der Waals surface area contributed by atoms with Gasteiger partial charge >= 0.3 is 13.1 Å². The molecule has 1 N–H and O–H groups in total. The van der Waals surface area contributed by atoms with Crippen LogP contribution in [0.25, 0.3) is 0 Å². The van der Waals surface area contributed by atoms with Gasteiger partial charge in [0.05, 0.1) is 13.7 Å². The molecule has 1 aromatic carbocycles. The molecule has 1 aliphatic heterocycles. The second-order valence-corrected chi connectivity index (χ2v) is 3.39. The number of rotatable bonds is 3. The van der Waals surface area contributed by atoms with E-state index in [4.69, 9.17) is 9.39 Å². The molecule has 0 saturated heterocycles. The lowest BCUT2D eigenvalue weighted by atomic mass is 9.79. The van der Waals surface area contributed by atoms with E-state index in [9.17, 15) is 9.82 Å². The van der Waals surface area contributed by atoms with Crippen LogP contribution in [0.2, 0.25) is 0 Å². The minimum atomic E-state index is -0.906. The van der Waals surface area contributed by atoms with Crippen molar-refractivity contribution in [2.24, 2.45) is 0 Å². The maximum absolute atomic E-state index is 10.9. The fourth-order valence-corrected chi connectivity index (χ4v) is 1.48. The molecule has 0 radical (unpaired) electrons. The van der Waals surface area contributed by atoms with Crippen LogP contribution >= 0.6 is 0 Å². The van der Waals surface area contributed by atoms with Gasteiger partial charge in [0.1, 0.15) is 5.75 Å². The van der Waals surface area contributed by atoms with Crippen molar-refractivity contribution in [2.75, 3.05) is 13.7 Å². The Bertz CT molecular complexity index is 407. The van der Waals surface area contributed by atoms with Gasteiger partial charge in [0.15, 0.2) is 6.61 Å². The highest BCUT2D eigenvalue weighted by atomic mass is 16.6. The van der Waals surface area contributed by atoms with E-state index in [0.29, 0.717) is 17.8 Å². The van der Waals surface area contributed by atoms with Crippen LogP contribution in [0.3, 0.4) is 0 Å². The highest BCUT2D eigenvalue weighted by Gasteiger charge is 2.27. The number of hydrogen-bond acceptors (Lipinski definition) is 5. The van der Waals surface area contributed by atoms with Crippen LogP contribution in [-0.2, 0) is 20.8 Å². The van der Waals surface area contributed by atoms with Gasteiger partial charge in [-0.25, -0.2) is 4.79 Å². The molecule has 0 aliphatic carbocycles. The van der Waals surface area contributed by atoms with E-state index in [1.807, 2.05) is 13.8 Å². The highest BCUT2D eigenvalue weighted by molar-refractivity contribution is 6.61. The van der Waals surface area contributed by atoms with Gasteiger partial charge in [-0.3, -0.25) is 0 Å². The Balaban J connectivity index is 0.000000771. The summed E-state index contributed by atoms with van der Waals surface area (Å²) in [5.41, 5.74) is 1.61. The Hall–Kier alpha value is -1.53. The Kier molecular flexibility index (Phi) is 5.68. The first-order valence-electron chi connectivity index (χ1n) is 5.83. The SMILES string of the molecule is CC.COC(=O)COc1ccc2c(c1)B(O)OC2. The first kappa shape index (κ1) is 14.5. The van der Waals surface area contributed by atoms with Gasteiger partial charge in [0.2, 0.25) is 0 Å². The number of carbonyl (C=O) groups is 1. The molecule has 0 unspecified atom stereocenters. The Labute approximate surface area is 107 Å². The lowest BCUT2D eigenvalue weighted by Crippen LogP contribution is -2.28. The molecule has 0 spiro atoms. The smallest absolute Gasteiger partial charge is 0.482 e. The zero-order chi connectivity index (χ0) is 13.5. The highest BCUT2D eigenvalue weighted by Crippen LogP contribution is 2.16. The Morgan fingerprint density at radius 1 is 1.50 bits per heavy atom. The van der Waals surface area contributed by atoms with Crippen molar-refractivity contribution in [3.63, 3.8) is 0 Å². The average Bonchev–Trinajstić information content (AvgIpc) is 2.79. The van der Waals surface area contributed by atoms with Crippen LogP contribution in [-0.4, -0.2) is 31.8 Å². The lowest BCUT2D eigenvalue weighted by molar-refractivity contribution is -0.142. The van der Waals surface area contributed by atoms with Gasteiger partial charge in [-0.05, 0) is 23.2 Å². The summed E-state index contributed by atoms with van der Waals surface area (Å²) in [6.07, 6.45) is 0. The zero-order valence-corrected chi connectivity index (χ0v) is 10.8. The maximum atomic E-state index is 10.9. The summed E-state index contributed by atoms with van der Waals surface area (Å²) in [5.74, 6) is 0.0611. The molecular formula is C12H17BO5. The standard InChI is InChI=1S/C10H11BO5.C2H6/c1-14-10(12)6-15-8-3-2-7-5-16-11(13)9(7)4-8;1-2/h2-4,13H,5-6H2,1H3;1-2H3. The normalized spacial score (nSPS) is 12.3. The van der Waals surface area contributed by atoms with Crippen LogP contribution < -0.4 is 10.2 Å². The first-order valence-corrected chi connectivity index (χ1v) is 5.83. The van der Waals surface area contributed by atoms with Crippen molar-refractivity contribution in [1.29, 1.82) is 0 Å². The van der Waals surface area contributed by atoms with Crippen LogP contribution in [0.4, 0.5) is 0 Å². The topological polar surface area (TPSA) is 65.0 Å². The van der Waals surface area contributed by atoms with Crippen LogP contribution in [0.15, 0.2) is 18.2 Å². The van der Waals surface area contributed by atoms with Crippen LogP contribution in [0.5, 0.6) is 5.75 Å². The van der Waals surface area contributed by atoms with Crippen molar-refractivity contribution in [1.82, 2.24) is 0 Å². The minimum absolute atomic E-state index is 0.147. The van der Waals surface area contributed by atoms with Crippen LogP contribution in [0, 0.1) is 0 Å². The zero-order valence-electron chi connectivity index (χ0n) is 10.8. The molecule has 0 saturated carbocycles. The first-order chi connectivity index (χ1) is 8.70. The molecule has 6 heteroatoms. The van der Waals surface area contributed by atoms with E-state index in [1.54, 1.807) is 18.2 Å². The summed E-state index contributed by atoms with van der Waals surface area (Å²) < 4.78 is 14.7. The number of esters is 1. The van der Waals surface area contributed by atoms with Gasteiger partial charge in [-0.1, -0.05) is 19.9 Å². The van der Waals surface area contributed by atoms with Crippen molar-refractivity contribution in [3.05, 3.63) is 23.8 Å². The summed E-state index contributed by atoms with van der Waals surface area (Å²) in [5, 5.41) is 9.46. The number of benzene rings is 1. The molecule has 0 amide bonds. The number of hydrogen-bond donors (Lipinski definition) is 1. The van der Waals surface area contributed by atoms with Gasteiger partial charge < -0.3 is 19.2 Å². The van der Waals surface area contributed by atoms with Gasteiger partial charge in [0, 0.05) is 0 Å². The van der Waals surface area contributed by atoms with Crippen molar-refractivity contribution in [3.8, 4) is 5.75 Å². The lowest BCUT2D eigenvalue weighted by Gasteiger charge is -2.06. The predicted molar refractivity (Wildman–Crippen MR) is 67.7 cm³/mol. The number of carbonyl (C=O) groups excluding carboxylic acids is 1. The molecule has 0 bridgehead atoms. The Morgan fingerprint density at radius 2 is 2.22 bits per heavy atom. The fraction of sp³-hybridized carbons (Fsp3) is 0.417. The Morgan fingerprint density at radius 3 is 2.89 bits per heavy atom. The third kappa shape index (κ3) is 3.48. The summed E-state index contributed by atoms with van der Waals surface area (Å²) in [6, 6.07) is 5.19. The van der Waals surface area contributed by atoms with Gasteiger partial charge in [0.25, 0.3) is 0 Å². The molecule has 1 aromatic rings. The van der Waals surface area contributed by atoms with Crippen molar-refractivity contribution in [2.45, 2.75) is 20.5 Å². The summed E-state index contributed by atoms with van der Waals surface area (Å²) in [7, 11) is 0.392. The second kappa shape index (κ2) is 7.03. The molecule has 0 fully saturated rings. The molecule has 2 rings (SSSR count). The number of fused-ring (bicyclic) bond motifs is 1. The third-order valence-corrected chi connectivity index (χ3v) is 2.36. The van der Waals surface area contributed by atoms with Gasteiger partial charge in [-0.15, -0.1) is 0 Å². The summed E-state index contributed by atoms with van der Waals surface area (Å²) >= 11 is 0. The third-order valence-electron chi connectivity index (χ3n) is 2.36. The number of ether oxygens (including phenoxy) is 2. The van der Waals surface area contributed by atoms with Crippen LogP contribution in [0.1, 0.15) is 19.4 Å². The fourth-order valence-electron chi connectivity index (χ4n) is 1.48.